The van der Waals surface area contributed by atoms with Gasteiger partial charge in [0.2, 0.25) is 0 Å². The van der Waals surface area contributed by atoms with E-state index in [4.69, 9.17) is 4.74 Å². The van der Waals surface area contributed by atoms with Gasteiger partial charge in [0, 0.05) is 6.42 Å². The van der Waals surface area contributed by atoms with Crippen molar-refractivity contribution >= 4 is 5.97 Å². The van der Waals surface area contributed by atoms with E-state index in [0.717, 1.165) is 23.9 Å². The molecule has 1 unspecified atom stereocenters. The molecule has 0 spiro atoms. The van der Waals surface area contributed by atoms with E-state index in [2.05, 4.69) is 34.6 Å². The Balaban J connectivity index is 3.94. The average Bonchev–Trinajstić information content (AvgIpc) is 2.77. The van der Waals surface area contributed by atoms with Crippen LogP contribution in [0.1, 0.15) is 150 Å². The monoisotopic (exact) mass is 454 g/mol. The van der Waals surface area contributed by atoms with Crippen molar-refractivity contribution in [3.05, 3.63) is 0 Å². The minimum Gasteiger partial charge on any atom is -0.456 e. The molecule has 0 aromatic carbocycles. The molecule has 192 valence electrons. The number of carbonyl (C=O) groups excluding carboxylic acids is 1. The van der Waals surface area contributed by atoms with Crippen molar-refractivity contribution < 1.29 is 14.0 Å². The van der Waals surface area contributed by atoms with Crippen molar-refractivity contribution in [1.29, 1.82) is 0 Å². The van der Waals surface area contributed by atoms with Crippen LogP contribution in [0.3, 0.4) is 0 Å². The molecule has 3 nitrogen and oxygen atoms in total. The first-order valence-corrected chi connectivity index (χ1v) is 14.6. The predicted molar refractivity (Wildman–Crippen MR) is 141 cm³/mol. The number of esters is 1. The molecule has 1 atom stereocenters. The molecule has 0 aliphatic heterocycles. The molecule has 3 heteroatoms. The Morgan fingerprint density at radius 1 is 0.594 bits per heavy atom. The van der Waals surface area contributed by atoms with E-state index in [9.17, 15) is 4.79 Å². The second-order valence-corrected chi connectivity index (χ2v) is 10.2. The van der Waals surface area contributed by atoms with E-state index in [-0.39, 0.29) is 12.1 Å². The van der Waals surface area contributed by atoms with Gasteiger partial charge in [-0.25, -0.2) is 0 Å². The van der Waals surface area contributed by atoms with Gasteiger partial charge in [0.1, 0.15) is 6.54 Å². The Kier molecular flexibility index (Phi) is 21.8. The van der Waals surface area contributed by atoms with Crippen LogP contribution in [0, 0.1) is 0 Å². The topological polar surface area (TPSA) is 26.3 Å². The summed E-state index contributed by atoms with van der Waals surface area (Å²) in [5.74, 6) is 0.0301. The molecule has 0 saturated carbocycles. The normalized spacial score (nSPS) is 12.8. The standard InChI is InChI=1S/C29H60NO2/c1-6-11-12-13-14-15-16-17-18-19-20-21-22-23-29(31)32-28(10-5)27-30(24-7-2,25-8-3)26-9-4/h28H,6-27H2,1-5H3/q+1. The van der Waals surface area contributed by atoms with Crippen molar-refractivity contribution in [3.63, 3.8) is 0 Å². The number of ether oxygens (including phenoxy) is 1. The summed E-state index contributed by atoms with van der Waals surface area (Å²) in [6.07, 6.45) is 22.6. The number of hydrogen-bond donors (Lipinski definition) is 0. The number of hydrogen-bond acceptors (Lipinski definition) is 2. The number of nitrogens with zero attached hydrogens (tertiary/aromatic N) is 1. The van der Waals surface area contributed by atoms with E-state index in [1.165, 1.54) is 116 Å². The fourth-order valence-electron chi connectivity index (χ4n) is 5.25. The average molecular weight is 455 g/mol. The van der Waals surface area contributed by atoms with Crippen molar-refractivity contribution in [2.45, 2.75) is 156 Å². The highest BCUT2D eigenvalue weighted by atomic mass is 16.5. The molecule has 0 aliphatic carbocycles. The lowest BCUT2D eigenvalue weighted by molar-refractivity contribution is -0.931. The van der Waals surface area contributed by atoms with Gasteiger partial charge < -0.3 is 9.22 Å². The van der Waals surface area contributed by atoms with E-state index >= 15 is 0 Å². The highest BCUT2D eigenvalue weighted by Crippen LogP contribution is 2.17. The Morgan fingerprint density at radius 3 is 1.38 bits per heavy atom. The maximum Gasteiger partial charge on any atom is 0.306 e. The summed E-state index contributed by atoms with van der Waals surface area (Å²) in [6, 6.07) is 0. The van der Waals surface area contributed by atoms with Crippen molar-refractivity contribution in [1.82, 2.24) is 0 Å². The molecule has 0 N–H and O–H groups in total. The lowest BCUT2D eigenvalue weighted by Crippen LogP contribution is -2.54. The summed E-state index contributed by atoms with van der Waals surface area (Å²) >= 11 is 0. The van der Waals surface area contributed by atoms with Crippen LogP contribution in [0.4, 0.5) is 0 Å². The first kappa shape index (κ1) is 31.4. The van der Waals surface area contributed by atoms with Crippen LogP contribution in [0.25, 0.3) is 0 Å². The maximum atomic E-state index is 12.4. The molecule has 0 aromatic rings. The molecular weight excluding hydrogens is 394 g/mol. The summed E-state index contributed by atoms with van der Waals surface area (Å²) in [5, 5.41) is 0. The summed E-state index contributed by atoms with van der Waals surface area (Å²) in [5.41, 5.74) is 0. The molecule has 0 amide bonds. The third-order valence-electron chi connectivity index (χ3n) is 6.92. The predicted octanol–water partition coefficient (Wildman–Crippen LogP) is 8.84. The van der Waals surface area contributed by atoms with Crippen LogP contribution in [-0.4, -0.2) is 42.7 Å². The third kappa shape index (κ3) is 17.0. The largest absolute Gasteiger partial charge is 0.456 e. The Bertz CT molecular complexity index is 393. The Labute approximate surface area is 202 Å². The quantitative estimate of drug-likeness (QED) is 0.0827. The van der Waals surface area contributed by atoms with Crippen LogP contribution in [0.5, 0.6) is 0 Å². The molecule has 0 saturated heterocycles. The maximum absolute atomic E-state index is 12.4. The van der Waals surface area contributed by atoms with E-state index in [1.54, 1.807) is 0 Å². The number of quaternary nitrogens is 1. The first-order chi connectivity index (χ1) is 15.6. The first-order valence-electron chi connectivity index (χ1n) is 14.6. The molecule has 0 heterocycles. The molecule has 0 rings (SSSR count). The summed E-state index contributed by atoms with van der Waals surface area (Å²) in [6.45, 7) is 15.9. The van der Waals surface area contributed by atoms with Gasteiger partial charge in [0.05, 0.1) is 19.6 Å². The zero-order chi connectivity index (χ0) is 23.9. The van der Waals surface area contributed by atoms with Crippen molar-refractivity contribution in [3.8, 4) is 0 Å². The SMILES string of the molecule is CCCCCCCCCCCCCCCC(=O)OC(CC)C[N+](CCC)(CCC)CCC. The third-order valence-corrected chi connectivity index (χ3v) is 6.92. The number of rotatable bonds is 24. The zero-order valence-corrected chi connectivity index (χ0v) is 22.9. The van der Waals surface area contributed by atoms with Crippen LogP contribution in [0.15, 0.2) is 0 Å². The van der Waals surface area contributed by atoms with E-state index < -0.39 is 0 Å². The highest BCUT2D eigenvalue weighted by Gasteiger charge is 2.30. The summed E-state index contributed by atoms with van der Waals surface area (Å²) in [7, 11) is 0. The molecular formula is C29H60NO2+. The Morgan fingerprint density at radius 2 is 1.00 bits per heavy atom. The fourth-order valence-corrected chi connectivity index (χ4v) is 5.25. The zero-order valence-electron chi connectivity index (χ0n) is 22.9. The van der Waals surface area contributed by atoms with Gasteiger partial charge in [-0.1, -0.05) is 112 Å². The number of unbranched alkanes of at least 4 members (excludes halogenated alkanes) is 12. The second-order valence-electron chi connectivity index (χ2n) is 10.2. The lowest BCUT2D eigenvalue weighted by atomic mass is 10.0. The van der Waals surface area contributed by atoms with Gasteiger partial charge in [0.25, 0.3) is 0 Å². The minimum absolute atomic E-state index is 0.0301. The molecule has 0 radical (unpaired) electrons. The van der Waals surface area contributed by atoms with Crippen molar-refractivity contribution in [2.24, 2.45) is 0 Å². The van der Waals surface area contributed by atoms with E-state index in [0.29, 0.717) is 6.42 Å². The van der Waals surface area contributed by atoms with Gasteiger partial charge in [-0.05, 0) is 32.1 Å². The minimum atomic E-state index is 0.0301. The Hall–Kier alpha value is -0.570. The van der Waals surface area contributed by atoms with E-state index in [1.807, 2.05) is 0 Å². The second kappa shape index (κ2) is 22.2. The lowest BCUT2D eigenvalue weighted by Gasteiger charge is -2.40. The van der Waals surface area contributed by atoms with Crippen LogP contribution in [0.2, 0.25) is 0 Å². The molecule has 0 aliphatic rings. The van der Waals surface area contributed by atoms with Gasteiger partial charge in [-0.15, -0.1) is 0 Å². The van der Waals surface area contributed by atoms with Crippen LogP contribution in [-0.2, 0) is 9.53 Å². The van der Waals surface area contributed by atoms with Crippen molar-refractivity contribution in [2.75, 3.05) is 26.2 Å². The molecule has 0 aromatic heterocycles. The molecule has 0 fully saturated rings. The van der Waals surface area contributed by atoms with Crippen LogP contribution < -0.4 is 0 Å². The smallest absolute Gasteiger partial charge is 0.306 e. The number of carbonyl (C=O) groups is 1. The summed E-state index contributed by atoms with van der Waals surface area (Å²) < 4.78 is 7.07. The van der Waals surface area contributed by atoms with Crippen LogP contribution >= 0.6 is 0 Å². The van der Waals surface area contributed by atoms with Gasteiger partial charge in [-0.2, -0.15) is 0 Å². The fraction of sp³-hybridized carbons (Fsp3) is 0.966. The highest BCUT2D eigenvalue weighted by molar-refractivity contribution is 5.69. The van der Waals surface area contributed by atoms with Gasteiger partial charge in [-0.3, -0.25) is 4.79 Å². The van der Waals surface area contributed by atoms with Gasteiger partial charge in [0.15, 0.2) is 6.10 Å². The summed E-state index contributed by atoms with van der Waals surface area (Å²) in [4.78, 5) is 12.4. The molecule has 0 bridgehead atoms. The molecule has 32 heavy (non-hydrogen) atoms. The van der Waals surface area contributed by atoms with Gasteiger partial charge >= 0.3 is 5.97 Å².